The van der Waals surface area contributed by atoms with E-state index in [-0.39, 0.29) is 17.7 Å². The van der Waals surface area contributed by atoms with Crippen molar-refractivity contribution >= 4 is 11.4 Å². The zero-order valence-electron chi connectivity index (χ0n) is 10.6. The van der Waals surface area contributed by atoms with Crippen LogP contribution in [-0.4, -0.2) is 20.1 Å². The smallest absolute Gasteiger partial charge is 0.353 e. The number of rotatable bonds is 4. The fraction of sp³-hybridized carbons (Fsp3) is 0.0769. The van der Waals surface area contributed by atoms with Crippen LogP contribution in [0.5, 0.6) is 11.5 Å². The third-order valence-electron chi connectivity index (χ3n) is 2.97. The van der Waals surface area contributed by atoms with Crippen molar-refractivity contribution in [2.45, 2.75) is 6.42 Å². The first kappa shape index (κ1) is 14.3. The van der Waals surface area contributed by atoms with E-state index in [1.807, 2.05) is 0 Å². The molecule has 0 saturated carbocycles. The van der Waals surface area contributed by atoms with Crippen molar-refractivity contribution < 1.29 is 20.1 Å². The van der Waals surface area contributed by atoms with Crippen LogP contribution in [-0.2, 0) is 6.42 Å². The lowest BCUT2D eigenvalue weighted by molar-refractivity contribution is -0.423. The maximum atomic E-state index is 11.1. The zero-order valence-corrected chi connectivity index (χ0v) is 10.6. The minimum atomic E-state index is -0.910. The van der Waals surface area contributed by atoms with Gasteiger partial charge in [-0.15, -0.1) is 0 Å². The molecule has 2 N–H and O–H groups in total. The third kappa shape index (κ3) is 2.73. The van der Waals surface area contributed by atoms with Crippen molar-refractivity contribution in [1.82, 2.24) is 0 Å². The Morgan fingerprint density at radius 2 is 1.57 bits per heavy atom. The normalized spacial score (nSPS) is 10.3. The number of benzene rings is 2. The summed E-state index contributed by atoms with van der Waals surface area (Å²) < 4.78 is 0. The minimum Gasteiger partial charge on any atom is -0.508 e. The van der Waals surface area contributed by atoms with Crippen molar-refractivity contribution in [1.29, 1.82) is 0 Å². The lowest BCUT2D eigenvalue weighted by Gasteiger charge is -2.07. The lowest BCUT2D eigenvalue weighted by Crippen LogP contribution is -2.02. The van der Waals surface area contributed by atoms with Gasteiger partial charge in [-0.1, -0.05) is 18.2 Å². The maximum absolute atomic E-state index is 11.1. The van der Waals surface area contributed by atoms with Gasteiger partial charge in [0.25, 0.3) is 0 Å². The number of nitrogens with zero attached hydrogens (tertiary/aromatic N) is 2. The van der Waals surface area contributed by atoms with E-state index in [1.165, 1.54) is 12.1 Å². The highest BCUT2D eigenvalue weighted by Crippen LogP contribution is 2.38. The van der Waals surface area contributed by atoms with Gasteiger partial charge in [-0.05, 0) is 17.7 Å². The number of nitro groups is 2. The first-order valence-corrected chi connectivity index (χ1v) is 5.82. The average Bonchev–Trinajstić information content (AvgIpc) is 2.42. The van der Waals surface area contributed by atoms with E-state index in [1.54, 1.807) is 12.1 Å². The van der Waals surface area contributed by atoms with Gasteiger partial charge in [0.1, 0.15) is 11.5 Å². The van der Waals surface area contributed by atoms with Gasteiger partial charge in [0.2, 0.25) is 0 Å². The molecule has 0 aromatic heterocycles. The Hall–Kier alpha value is -3.16. The molecule has 8 heteroatoms. The first-order chi connectivity index (χ1) is 9.91. The summed E-state index contributed by atoms with van der Waals surface area (Å²) >= 11 is 0. The van der Waals surface area contributed by atoms with Gasteiger partial charge in [-0.25, -0.2) is 0 Å². The van der Waals surface area contributed by atoms with Crippen LogP contribution in [0.3, 0.4) is 0 Å². The van der Waals surface area contributed by atoms with Crippen LogP contribution in [0, 0.1) is 20.2 Å². The lowest BCUT2D eigenvalue weighted by atomic mass is 10.0. The molecule has 0 saturated heterocycles. The molecule has 0 amide bonds. The molecular weight excluding hydrogens is 280 g/mol. The molecule has 0 bridgehead atoms. The number of phenolic OH excluding ortho intramolecular Hbond substituents is 2. The van der Waals surface area contributed by atoms with E-state index >= 15 is 0 Å². The van der Waals surface area contributed by atoms with E-state index in [0.717, 1.165) is 12.1 Å². The fourth-order valence-electron chi connectivity index (χ4n) is 1.99. The zero-order chi connectivity index (χ0) is 15.6. The first-order valence-electron chi connectivity index (χ1n) is 5.82. The second-order valence-corrected chi connectivity index (χ2v) is 4.25. The van der Waals surface area contributed by atoms with Gasteiger partial charge in [-0.2, -0.15) is 0 Å². The average molecular weight is 290 g/mol. The summed E-state index contributed by atoms with van der Waals surface area (Å²) in [7, 11) is 0. The standard InChI is InChI=1S/C13H10N2O6/c16-11-4-2-1-3-8(11)7-9-12(17)6-5-10(14(18)19)13(9)15(20)21/h1-6,16-17H,7H2. The van der Waals surface area contributed by atoms with Crippen LogP contribution >= 0.6 is 0 Å². The topological polar surface area (TPSA) is 127 Å². The Bertz CT molecular complexity index is 729. The molecular formula is C13H10N2O6. The van der Waals surface area contributed by atoms with Gasteiger partial charge < -0.3 is 10.2 Å². The summed E-state index contributed by atoms with van der Waals surface area (Å²) in [4.78, 5) is 20.2. The molecule has 108 valence electrons. The monoisotopic (exact) mass is 290 g/mol. The molecule has 2 aromatic carbocycles. The van der Waals surface area contributed by atoms with Gasteiger partial charge in [0.05, 0.1) is 15.4 Å². The van der Waals surface area contributed by atoms with E-state index < -0.39 is 27.0 Å². The minimum absolute atomic E-state index is 0.113. The Morgan fingerprint density at radius 3 is 2.14 bits per heavy atom. The molecule has 0 aliphatic heterocycles. The molecule has 0 aliphatic carbocycles. The molecule has 8 nitrogen and oxygen atoms in total. The molecule has 0 aliphatic rings. The summed E-state index contributed by atoms with van der Waals surface area (Å²) in [5, 5.41) is 41.5. The van der Waals surface area contributed by atoms with Gasteiger partial charge in [-0.3, -0.25) is 20.2 Å². The van der Waals surface area contributed by atoms with Crippen LogP contribution in [0.4, 0.5) is 11.4 Å². The van der Waals surface area contributed by atoms with Crippen LogP contribution in [0.15, 0.2) is 36.4 Å². The molecule has 0 atom stereocenters. The summed E-state index contributed by atoms with van der Waals surface area (Å²) in [5.41, 5.74) is -1.38. The van der Waals surface area contributed by atoms with Crippen molar-refractivity contribution in [3.8, 4) is 11.5 Å². The predicted octanol–water partition coefficient (Wildman–Crippen LogP) is 2.51. The maximum Gasteiger partial charge on any atom is 0.353 e. The molecule has 2 aromatic rings. The van der Waals surface area contributed by atoms with Gasteiger partial charge >= 0.3 is 11.4 Å². The van der Waals surface area contributed by atoms with Crippen molar-refractivity contribution in [3.05, 3.63) is 67.8 Å². The second kappa shape index (κ2) is 5.45. The van der Waals surface area contributed by atoms with Gasteiger partial charge in [0.15, 0.2) is 0 Å². The Labute approximate surface area is 118 Å². The van der Waals surface area contributed by atoms with E-state index in [4.69, 9.17) is 0 Å². The summed E-state index contributed by atoms with van der Waals surface area (Å²) in [5.74, 6) is -0.548. The highest BCUT2D eigenvalue weighted by molar-refractivity contribution is 5.64. The van der Waals surface area contributed by atoms with Crippen LogP contribution in [0.2, 0.25) is 0 Å². The predicted molar refractivity (Wildman–Crippen MR) is 72.3 cm³/mol. The Kier molecular flexibility index (Phi) is 3.70. The SMILES string of the molecule is O=[N+]([O-])c1ccc(O)c(Cc2ccccc2O)c1[N+](=O)[O-]. The van der Waals surface area contributed by atoms with Crippen LogP contribution < -0.4 is 0 Å². The molecule has 21 heavy (non-hydrogen) atoms. The van der Waals surface area contributed by atoms with Crippen molar-refractivity contribution in [2.24, 2.45) is 0 Å². The summed E-state index contributed by atoms with van der Waals surface area (Å²) in [6, 6.07) is 7.98. The summed E-state index contributed by atoms with van der Waals surface area (Å²) in [6.07, 6.45) is -0.198. The van der Waals surface area contributed by atoms with Crippen LogP contribution in [0.1, 0.15) is 11.1 Å². The van der Waals surface area contributed by atoms with Gasteiger partial charge in [0, 0.05) is 12.5 Å². The van der Waals surface area contributed by atoms with E-state index in [2.05, 4.69) is 0 Å². The van der Waals surface area contributed by atoms with E-state index in [9.17, 15) is 30.4 Å². The second-order valence-electron chi connectivity index (χ2n) is 4.25. The Morgan fingerprint density at radius 1 is 0.905 bits per heavy atom. The highest BCUT2D eigenvalue weighted by Gasteiger charge is 2.31. The number of phenols is 2. The molecule has 2 rings (SSSR count). The molecule has 0 unspecified atom stereocenters. The Balaban J connectivity index is 2.62. The summed E-state index contributed by atoms with van der Waals surface area (Å²) in [6.45, 7) is 0. The molecule has 0 spiro atoms. The van der Waals surface area contributed by atoms with Crippen molar-refractivity contribution in [2.75, 3.05) is 0 Å². The largest absolute Gasteiger partial charge is 0.508 e. The number of nitro benzene ring substituents is 2. The molecule has 0 radical (unpaired) electrons. The number of para-hydroxylation sites is 1. The molecule has 0 fully saturated rings. The number of aromatic hydroxyl groups is 2. The van der Waals surface area contributed by atoms with E-state index in [0.29, 0.717) is 5.56 Å². The molecule has 0 heterocycles. The number of hydrogen-bond donors (Lipinski definition) is 2. The number of hydrogen-bond acceptors (Lipinski definition) is 6. The highest BCUT2D eigenvalue weighted by atomic mass is 16.6. The fourth-order valence-corrected chi connectivity index (χ4v) is 1.99. The van der Waals surface area contributed by atoms with Crippen molar-refractivity contribution in [3.63, 3.8) is 0 Å². The van der Waals surface area contributed by atoms with Crippen LogP contribution in [0.25, 0.3) is 0 Å². The quantitative estimate of drug-likeness (QED) is 0.657. The third-order valence-corrected chi connectivity index (χ3v) is 2.97.